The fraction of sp³-hybridized carbons (Fsp3) is 0.357. The third kappa shape index (κ3) is 3.64. The van der Waals surface area contributed by atoms with Crippen LogP contribution in [-0.4, -0.2) is 39.8 Å². The van der Waals surface area contributed by atoms with E-state index in [2.05, 4.69) is 10.3 Å². The van der Waals surface area contributed by atoms with Gasteiger partial charge in [-0.3, -0.25) is 4.79 Å². The number of para-hydroxylation sites is 1. The van der Waals surface area contributed by atoms with Crippen LogP contribution >= 0.6 is 0 Å². The summed E-state index contributed by atoms with van der Waals surface area (Å²) in [7, 11) is 1.67. The summed E-state index contributed by atoms with van der Waals surface area (Å²) in [6.07, 6.45) is 3.01. The molecule has 0 unspecified atom stereocenters. The van der Waals surface area contributed by atoms with E-state index >= 15 is 0 Å². The average molecular weight is 275 g/mol. The monoisotopic (exact) mass is 275 g/mol. The van der Waals surface area contributed by atoms with Crippen molar-refractivity contribution < 1.29 is 14.6 Å². The summed E-state index contributed by atoms with van der Waals surface area (Å²) in [5, 5.41) is 16.7. The molecule has 6 heteroatoms. The summed E-state index contributed by atoms with van der Waals surface area (Å²) < 4.78 is 6.78. The Balaban J connectivity index is 2.16. The number of hydrogen-bond acceptors (Lipinski definition) is 4. The summed E-state index contributed by atoms with van der Waals surface area (Å²) in [5.74, 6) is -0.833. The van der Waals surface area contributed by atoms with Crippen molar-refractivity contribution in [3.8, 4) is 5.69 Å². The summed E-state index contributed by atoms with van der Waals surface area (Å²) in [6, 6.07) is 7.88. The lowest BCUT2D eigenvalue weighted by Crippen LogP contribution is -2.03. The van der Waals surface area contributed by atoms with Gasteiger partial charge in [0.15, 0.2) is 0 Å². The number of carboxylic acid groups (broad SMARTS) is 1. The highest BCUT2D eigenvalue weighted by atomic mass is 16.5. The van der Waals surface area contributed by atoms with Crippen LogP contribution in [0.25, 0.3) is 5.69 Å². The van der Waals surface area contributed by atoms with Gasteiger partial charge < -0.3 is 9.84 Å². The van der Waals surface area contributed by atoms with Crippen molar-refractivity contribution in [1.82, 2.24) is 15.0 Å². The van der Waals surface area contributed by atoms with E-state index in [4.69, 9.17) is 9.84 Å². The molecule has 106 valence electrons. The normalized spacial score (nSPS) is 10.7. The van der Waals surface area contributed by atoms with Crippen LogP contribution in [0.4, 0.5) is 0 Å². The molecular formula is C14H17N3O3. The van der Waals surface area contributed by atoms with E-state index in [0.717, 1.165) is 17.7 Å². The maximum absolute atomic E-state index is 10.6. The molecule has 0 radical (unpaired) electrons. The van der Waals surface area contributed by atoms with Crippen LogP contribution < -0.4 is 0 Å². The molecule has 1 N–H and O–H groups in total. The van der Waals surface area contributed by atoms with Crippen molar-refractivity contribution in [1.29, 1.82) is 0 Å². The summed E-state index contributed by atoms with van der Waals surface area (Å²) >= 11 is 0. The Morgan fingerprint density at radius 2 is 2.15 bits per heavy atom. The number of ether oxygens (including phenoxy) is 1. The average Bonchev–Trinajstić information content (AvgIpc) is 2.92. The van der Waals surface area contributed by atoms with Crippen LogP contribution in [0.5, 0.6) is 0 Å². The predicted molar refractivity (Wildman–Crippen MR) is 72.9 cm³/mol. The standard InChI is InChI=1S/C14H17N3O3/c1-20-9-8-11-4-2-3-5-13(11)17-10-12(15-16-17)6-7-14(18)19/h2-5,10H,6-9H2,1H3,(H,18,19). The molecule has 0 amide bonds. The lowest BCUT2D eigenvalue weighted by atomic mass is 10.1. The zero-order valence-electron chi connectivity index (χ0n) is 11.3. The Morgan fingerprint density at radius 1 is 1.35 bits per heavy atom. The number of benzene rings is 1. The lowest BCUT2D eigenvalue weighted by molar-refractivity contribution is -0.136. The van der Waals surface area contributed by atoms with Crippen molar-refractivity contribution in [2.24, 2.45) is 0 Å². The van der Waals surface area contributed by atoms with Gasteiger partial charge in [-0.05, 0) is 18.1 Å². The van der Waals surface area contributed by atoms with E-state index < -0.39 is 5.97 Å². The number of hydrogen-bond donors (Lipinski definition) is 1. The van der Waals surface area contributed by atoms with Crippen LogP contribution in [0.2, 0.25) is 0 Å². The molecule has 0 spiro atoms. The van der Waals surface area contributed by atoms with Crippen molar-refractivity contribution in [2.45, 2.75) is 19.3 Å². The number of aliphatic carboxylic acids is 1. The van der Waals surface area contributed by atoms with E-state index in [-0.39, 0.29) is 6.42 Å². The first-order chi connectivity index (χ1) is 9.70. The second kappa shape index (κ2) is 6.81. The second-order valence-corrected chi connectivity index (χ2v) is 4.42. The topological polar surface area (TPSA) is 77.2 Å². The maximum Gasteiger partial charge on any atom is 0.303 e. The number of carbonyl (C=O) groups is 1. The minimum atomic E-state index is -0.833. The van der Waals surface area contributed by atoms with Gasteiger partial charge in [-0.2, -0.15) is 0 Å². The molecule has 1 aromatic heterocycles. The Morgan fingerprint density at radius 3 is 2.90 bits per heavy atom. The molecule has 0 aliphatic heterocycles. The molecule has 0 fully saturated rings. The molecular weight excluding hydrogens is 258 g/mol. The molecule has 0 aliphatic carbocycles. The van der Waals surface area contributed by atoms with E-state index in [1.54, 1.807) is 18.0 Å². The SMILES string of the molecule is COCCc1ccccc1-n1cc(CCC(=O)O)nn1. The van der Waals surface area contributed by atoms with Gasteiger partial charge in [0.2, 0.25) is 0 Å². The third-order valence-electron chi connectivity index (χ3n) is 2.95. The Bertz CT molecular complexity index is 581. The van der Waals surface area contributed by atoms with Crippen molar-refractivity contribution >= 4 is 5.97 Å². The minimum Gasteiger partial charge on any atom is -0.481 e. The number of methoxy groups -OCH3 is 1. The fourth-order valence-corrected chi connectivity index (χ4v) is 1.92. The summed E-state index contributed by atoms with van der Waals surface area (Å²) in [5.41, 5.74) is 2.73. The fourth-order valence-electron chi connectivity index (χ4n) is 1.92. The highest BCUT2D eigenvalue weighted by molar-refractivity contribution is 5.66. The van der Waals surface area contributed by atoms with Crippen LogP contribution in [0.15, 0.2) is 30.5 Å². The molecule has 2 rings (SSSR count). The molecule has 0 aliphatic rings. The number of rotatable bonds is 7. The van der Waals surface area contributed by atoms with Crippen LogP contribution in [-0.2, 0) is 22.4 Å². The van der Waals surface area contributed by atoms with E-state index in [9.17, 15) is 4.79 Å². The highest BCUT2D eigenvalue weighted by Crippen LogP contribution is 2.14. The Kier molecular flexibility index (Phi) is 4.84. The quantitative estimate of drug-likeness (QED) is 0.828. The molecule has 0 saturated carbocycles. The van der Waals surface area contributed by atoms with E-state index in [1.165, 1.54) is 0 Å². The molecule has 1 heterocycles. The van der Waals surface area contributed by atoms with Crippen molar-refractivity contribution in [3.05, 3.63) is 41.7 Å². The molecule has 2 aromatic rings. The molecule has 0 bridgehead atoms. The molecule has 20 heavy (non-hydrogen) atoms. The zero-order valence-corrected chi connectivity index (χ0v) is 11.3. The summed E-state index contributed by atoms with van der Waals surface area (Å²) in [4.78, 5) is 10.6. The van der Waals surface area contributed by atoms with Gasteiger partial charge in [-0.15, -0.1) is 5.10 Å². The highest BCUT2D eigenvalue weighted by Gasteiger charge is 2.08. The van der Waals surface area contributed by atoms with Gasteiger partial charge in [0, 0.05) is 13.5 Å². The van der Waals surface area contributed by atoms with Crippen LogP contribution in [0.3, 0.4) is 0 Å². The van der Waals surface area contributed by atoms with Gasteiger partial charge in [0.25, 0.3) is 0 Å². The first-order valence-electron chi connectivity index (χ1n) is 6.41. The number of carboxylic acids is 1. The number of nitrogens with zero attached hydrogens (tertiary/aromatic N) is 3. The maximum atomic E-state index is 10.6. The minimum absolute atomic E-state index is 0.0595. The predicted octanol–water partition coefficient (Wildman–Crippen LogP) is 1.47. The molecule has 6 nitrogen and oxygen atoms in total. The smallest absolute Gasteiger partial charge is 0.303 e. The van der Waals surface area contributed by atoms with Crippen molar-refractivity contribution in [3.63, 3.8) is 0 Å². The summed E-state index contributed by atoms with van der Waals surface area (Å²) in [6.45, 7) is 0.636. The van der Waals surface area contributed by atoms with Gasteiger partial charge in [-0.25, -0.2) is 4.68 Å². The van der Waals surface area contributed by atoms with Crippen LogP contribution in [0, 0.1) is 0 Å². The second-order valence-electron chi connectivity index (χ2n) is 4.42. The molecule has 1 aromatic carbocycles. The number of aryl methyl sites for hydroxylation is 1. The molecule has 0 atom stereocenters. The zero-order chi connectivity index (χ0) is 14.4. The van der Waals surface area contributed by atoms with Crippen LogP contribution in [0.1, 0.15) is 17.7 Å². The number of aromatic nitrogens is 3. The van der Waals surface area contributed by atoms with E-state index in [0.29, 0.717) is 18.7 Å². The Hall–Kier alpha value is -2.21. The first-order valence-corrected chi connectivity index (χ1v) is 6.41. The third-order valence-corrected chi connectivity index (χ3v) is 2.95. The first kappa shape index (κ1) is 14.2. The van der Waals surface area contributed by atoms with E-state index in [1.807, 2.05) is 24.3 Å². The Labute approximate surface area is 117 Å². The van der Waals surface area contributed by atoms with Gasteiger partial charge >= 0.3 is 5.97 Å². The van der Waals surface area contributed by atoms with Gasteiger partial charge in [-0.1, -0.05) is 23.4 Å². The lowest BCUT2D eigenvalue weighted by Gasteiger charge is -2.07. The van der Waals surface area contributed by atoms with Gasteiger partial charge in [0.1, 0.15) is 0 Å². The van der Waals surface area contributed by atoms with Crippen molar-refractivity contribution in [2.75, 3.05) is 13.7 Å². The van der Waals surface area contributed by atoms with Gasteiger partial charge in [0.05, 0.1) is 30.6 Å². The molecule has 0 saturated heterocycles. The largest absolute Gasteiger partial charge is 0.481 e.